The fraction of sp³-hybridized carbons (Fsp3) is 0.261. The molecule has 0 unspecified atom stereocenters. The number of rotatable bonds is 6. The fourth-order valence-electron chi connectivity index (χ4n) is 3.06. The molecular weight excluding hydrogens is 386 g/mol. The first-order chi connectivity index (χ1) is 13.9. The van der Waals surface area contributed by atoms with Crippen LogP contribution in [0.4, 0.5) is 5.69 Å². The first-order valence-electron chi connectivity index (χ1n) is 9.64. The minimum Gasteiger partial charge on any atom is -0.325 e. The molecule has 0 fully saturated rings. The molecule has 5 nitrogen and oxygen atoms in total. The van der Waals surface area contributed by atoms with Gasteiger partial charge in [0.2, 0.25) is 5.91 Å². The molecule has 0 bridgehead atoms. The zero-order valence-electron chi connectivity index (χ0n) is 16.8. The Labute approximate surface area is 175 Å². The number of hydrogen-bond acceptors (Lipinski definition) is 3. The molecule has 1 N–H and O–H groups in total. The highest BCUT2D eigenvalue weighted by molar-refractivity contribution is 6.30. The average Bonchev–Trinajstić information content (AvgIpc) is 2.69. The number of hydrogen-bond donors (Lipinski definition) is 1. The molecule has 2 aromatic carbocycles. The summed E-state index contributed by atoms with van der Waals surface area (Å²) in [5.41, 5.74) is 2.94. The molecule has 1 heterocycles. The molecule has 0 atom stereocenters. The summed E-state index contributed by atoms with van der Waals surface area (Å²) in [4.78, 5) is 30.0. The van der Waals surface area contributed by atoms with Crippen LogP contribution in [-0.2, 0) is 17.8 Å². The van der Waals surface area contributed by atoms with E-state index in [4.69, 9.17) is 11.6 Å². The van der Waals surface area contributed by atoms with Gasteiger partial charge in [0.25, 0.3) is 5.56 Å². The number of amides is 1. The summed E-state index contributed by atoms with van der Waals surface area (Å²) in [5.74, 6) is 0.500. The molecule has 1 amide bonds. The second kappa shape index (κ2) is 9.05. The van der Waals surface area contributed by atoms with Crippen LogP contribution in [0.5, 0.6) is 0 Å². The van der Waals surface area contributed by atoms with Crippen molar-refractivity contribution in [1.82, 2.24) is 9.55 Å². The maximum atomic E-state index is 12.7. The van der Waals surface area contributed by atoms with Crippen LogP contribution >= 0.6 is 11.6 Å². The smallest absolute Gasteiger partial charge is 0.254 e. The molecule has 1 aromatic heterocycles. The number of benzene rings is 2. The molecule has 150 valence electrons. The van der Waals surface area contributed by atoms with Gasteiger partial charge in [0.15, 0.2) is 0 Å². The molecule has 0 aliphatic rings. The molecule has 0 saturated heterocycles. The molecular formula is C23H24ClN3O2. The Balaban J connectivity index is 1.93. The summed E-state index contributed by atoms with van der Waals surface area (Å²) in [6, 6.07) is 16.3. The summed E-state index contributed by atoms with van der Waals surface area (Å²) >= 11 is 6.12. The van der Waals surface area contributed by atoms with Crippen molar-refractivity contribution in [3.63, 3.8) is 0 Å². The van der Waals surface area contributed by atoms with Crippen LogP contribution in [0.3, 0.4) is 0 Å². The van der Waals surface area contributed by atoms with Gasteiger partial charge < -0.3 is 5.32 Å². The third-order valence-electron chi connectivity index (χ3n) is 4.65. The third-order valence-corrected chi connectivity index (χ3v) is 4.88. The third kappa shape index (κ3) is 5.12. The number of anilines is 1. The van der Waals surface area contributed by atoms with E-state index < -0.39 is 0 Å². The van der Waals surface area contributed by atoms with Crippen molar-refractivity contribution in [2.45, 2.75) is 39.7 Å². The molecule has 0 spiro atoms. The SMILES string of the molecule is CCc1cc(=O)n(CC(=O)Nc2cccc(C(C)C)c2)c(-c2cccc(Cl)c2)n1. The van der Waals surface area contributed by atoms with Gasteiger partial charge in [-0.2, -0.15) is 0 Å². The molecule has 0 radical (unpaired) electrons. The summed E-state index contributed by atoms with van der Waals surface area (Å²) < 4.78 is 1.38. The van der Waals surface area contributed by atoms with Crippen molar-refractivity contribution in [1.29, 1.82) is 0 Å². The first-order valence-corrected chi connectivity index (χ1v) is 10.0. The Hall–Kier alpha value is -2.92. The molecule has 3 aromatic rings. The maximum absolute atomic E-state index is 12.7. The Morgan fingerprint density at radius 3 is 2.59 bits per heavy atom. The van der Waals surface area contributed by atoms with Gasteiger partial charge in [0, 0.05) is 28.0 Å². The van der Waals surface area contributed by atoms with Crippen molar-refractivity contribution < 1.29 is 4.79 Å². The summed E-state index contributed by atoms with van der Waals surface area (Å²) in [6.45, 7) is 5.99. The molecule has 0 aliphatic heterocycles. The van der Waals surface area contributed by atoms with Crippen molar-refractivity contribution in [2.24, 2.45) is 0 Å². The largest absolute Gasteiger partial charge is 0.325 e. The van der Waals surface area contributed by atoms with Crippen LogP contribution in [-0.4, -0.2) is 15.5 Å². The topological polar surface area (TPSA) is 64.0 Å². The van der Waals surface area contributed by atoms with E-state index in [2.05, 4.69) is 24.1 Å². The average molecular weight is 410 g/mol. The summed E-state index contributed by atoms with van der Waals surface area (Å²) in [7, 11) is 0. The zero-order valence-corrected chi connectivity index (χ0v) is 17.5. The van der Waals surface area contributed by atoms with Crippen molar-refractivity contribution in [2.75, 3.05) is 5.32 Å². The van der Waals surface area contributed by atoms with Crippen LogP contribution in [0.2, 0.25) is 5.02 Å². The highest BCUT2D eigenvalue weighted by Gasteiger charge is 2.14. The minimum absolute atomic E-state index is 0.135. The van der Waals surface area contributed by atoms with Crippen LogP contribution in [0.1, 0.15) is 37.9 Å². The van der Waals surface area contributed by atoms with Gasteiger partial charge in [-0.3, -0.25) is 14.2 Å². The van der Waals surface area contributed by atoms with Crippen LogP contribution in [0, 0.1) is 0 Å². The standard InChI is InChI=1S/C23H24ClN3O2/c1-4-19-13-22(29)27(23(26-19)17-8-5-9-18(24)11-17)14-21(28)25-20-10-6-7-16(12-20)15(2)3/h5-13,15H,4,14H2,1-3H3,(H,25,28). The Bertz CT molecular complexity index is 1090. The van der Waals surface area contributed by atoms with Crippen molar-refractivity contribution >= 4 is 23.2 Å². The number of carbonyl (C=O) groups is 1. The molecule has 0 saturated carbocycles. The number of aromatic nitrogens is 2. The number of nitrogens with zero attached hydrogens (tertiary/aromatic N) is 2. The minimum atomic E-state index is -0.290. The van der Waals surface area contributed by atoms with E-state index in [9.17, 15) is 9.59 Å². The van der Waals surface area contributed by atoms with E-state index in [1.54, 1.807) is 18.2 Å². The van der Waals surface area contributed by atoms with E-state index in [0.717, 1.165) is 5.56 Å². The summed E-state index contributed by atoms with van der Waals surface area (Å²) in [5, 5.41) is 3.42. The second-order valence-corrected chi connectivity index (χ2v) is 7.62. The lowest BCUT2D eigenvalue weighted by Crippen LogP contribution is -2.30. The lowest BCUT2D eigenvalue weighted by molar-refractivity contribution is -0.116. The van der Waals surface area contributed by atoms with Crippen LogP contribution < -0.4 is 10.9 Å². The molecule has 29 heavy (non-hydrogen) atoms. The predicted octanol–water partition coefficient (Wildman–Crippen LogP) is 4.89. The van der Waals surface area contributed by atoms with Crippen LogP contribution in [0.25, 0.3) is 11.4 Å². The van der Waals surface area contributed by atoms with E-state index in [0.29, 0.717) is 40.1 Å². The van der Waals surface area contributed by atoms with Gasteiger partial charge in [0.1, 0.15) is 12.4 Å². The lowest BCUT2D eigenvalue weighted by Gasteiger charge is -2.14. The second-order valence-electron chi connectivity index (χ2n) is 7.19. The summed E-state index contributed by atoms with van der Waals surface area (Å²) in [6.07, 6.45) is 0.623. The highest BCUT2D eigenvalue weighted by atomic mass is 35.5. The number of aryl methyl sites for hydroxylation is 1. The monoisotopic (exact) mass is 409 g/mol. The van der Waals surface area contributed by atoms with E-state index in [1.165, 1.54) is 10.6 Å². The van der Waals surface area contributed by atoms with Crippen LogP contribution in [0.15, 0.2) is 59.4 Å². The highest BCUT2D eigenvalue weighted by Crippen LogP contribution is 2.21. The molecule has 0 aliphatic carbocycles. The quantitative estimate of drug-likeness (QED) is 0.630. The number of halogens is 1. The molecule has 6 heteroatoms. The number of carbonyl (C=O) groups excluding carboxylic acids is 1. The Morgan fingerprint density at radius 1 is 1.14 bits per heavy atom. The predicted molar refractivity (Wildman–Crippen MR) is 117 cm³/mol. The first kappa shape index (κ1) is 20.8. The van der Waals surface area contributed by atoms with Gasteiger partial charge in [-0.1, -0.05) is 56.6 Å². The fourth-order valence-corrected chi connectivity index (χ4v) is 3.25. The maximum Gasteiger partial charge on any atom is 0.254 e. The van der Waals surface area contributed by atoms with E-state index in [-0.39, 0.29) is 18.0 Å². The Kier molecular flexibility index (Phi) is 6.49. The Morgan fingerprint density at radius 2 is 1.90 bits per heavy atom. The van der Waals surface area contributed by atoms with Gasteiger partial charge in [0.05, 0.1) is 0 Å². The zero-order chi connectivity index (χ0) is 21.0. The van der Waals surface area contributed by atoms with Gasteiger partial charge in [-0.25, -0.2) is 4.98 Å². The van der Waals surface area contributed by atoms with Crippen molar-refractivity contribution in [3.8, 4) is 11.4 Å². The van der Waals surface area contributed by atoms with E-state index >= 15 is 0 Å². The van der Waals surface area contributed by atoms with Gasteiger partial charge in [-0.15, -0.1) is 0 Å². The molecule has 3 rings (SSSR count). The number of nitrogens with one attached hydrogen (secondary N) is 1. The van der Waals surface area contributed by atoms with Crippen molar-refractivity contribution in [3.05, 3.63) is 81.2 Å². The van der Waals surface area contributed by atoms with E-state index in [1.807, 2.05) is 37.3 Å². The normalized spacial score (nSPS) is 10.9. The van der Waals surface area contributed by atoms with Gasteiger partial charge in [-0.05, 0) is 42.2 Å². The lowest BCUT2D eigenvalue weighted by atomic mass is 10.0. The van der Waals surface area contributed by atoms with Gasteiger partial charge >= 0.3 is 0 Å².